The van der Waals surface area contributed by atoms with Crippen molar-refractivity contribution in [2.24, 2.45) is 0 Å². The second kappa shape index (κ2) is 5.72. The van der Waals surface area contributed by atoms with Crippen LogP contribution in [-0.2, 0) is 10.0 Å². The maximum Gasteiger partial charge on any atom is 0.263 e. The van der Waals surface area contributed by atoms with Crippen molar-refractivity contribution in [3.63, 3.8) is 0 Å². The van der Waals surface area contributed by atoms with E-state index in [4.69, 9.17) is 0 Å². The van der Waals surface area contributed by atoms with Crippen LogP contribution in [0.5, 0.6) is 0 Å². The first-order valence-electron chi connectivity index (χ1n) is 6.25. The van der Waals surface area contributed by atoms with Gasteiger partial charge in [-0.15, -0.1) is 0 Å². The highest BCUT2D eigenvalue weighted by Gasteiger charge is 2.17. The van der Waals surface area contributed by atoms with Gasteiger partial charge in [0.25, 0.3) is 10.0 Å². The van der Waals surface area contributed by atoms with Crippen molar-refractivity contribution in [1.29, 1.82) is 0 Å². The van der Waals surface area contributed by atoms with E-state index >= 15 is 0 Å². The maximum absolute atomic E-state index is 13.2. The van der Waals surface area contributed by atoms with E-state index in [1.807, 2.05) is 0 Å². The lowest BCUT2D eigenvalue weighted by atomic mass is 10.3. The van der Waals surface area contributed by atoms with Crippen molar-refractivity contribution in [1.82, 2.24) is 19.7 Å². The van der Waals surface area contributed by atoms with Crippen LogP contribution in [0, 0.1) is 11.6 Å². The maximum atomic E-state index is 13.2. The van der Waals surface area contributed by atoms with Gasteiger partial charge < -0.3 is 0 Å². The molecular weight excluding hydrogens is 328 g/mol. The Bertz CT molecular complexity index is 925. The van der Waals surface area contributed by atoms with E-state index in [-0.39, 0.29) is 5.82 Å². The number of nitrogens with zero attached hydrogens (tertiary/aromatic N) is 4. The van der Waals surface area contributed by atoms with Gasteiger partial charge in [0.15, 0.2) is 5.82 Å². The summed E-state index contributed by atoms with van der Waals surface area (Å²) in [5.41, 5.74) is 0. The fraction of sp³-hybridized carbons (Fsp3) is 0. The molecule has 0 fully saturated rings. The third-order valence-electron chi connectivity index (χ3n) is 2.78. The Morgan fingerprint density at radius 3 is 2.43 bits per heavy atom. The number of halogens is 2. The smallest absolute Gasteiger partial charge is 0.263 e. The van der Waals surface area contributed by atoms with E-state index in [0.29, 0.717) is 24.0 Å². The van der Waals surface area contributed by atoms with Crippen molar-refractivity contribution in [2.75, 3.05) is 4.72 Å². The molecule has 118 valence electrons. The van der Waals surface area contributed by atoms with E-state index in [2.05, 4.69) is 19.8 Å². The van der Waals surface area contributed by atoms with E-state index in [0.717, 1.165) is 6.33 Å². The molecule has 1 aromatic carbocycles. The zero-order valence-electron chi connectivity index (χ0n) is 11.4. The van der Waals surface area contributed by atoms with Gasteiger partial charge in [-0.05, 0) is 18.2 Å². The normalized spacial score (nSPS) is 11.4. The zero-order valence-corrected chi connectivity index (χ0v) is 12.2. The monoisotopic (exact) mass is 337 g/mol. The van der Waals surface area contributed by atoms with Crippen molar-refractivity contribution < 1.29 is 17.2 Å². The Balaban J connectivity index is 1.93. The minimum absolute atomic E-state index is 0.0600. The number of nitrogens with one attached hydrogen (secondary N) is 1. The summed E-state index contributed by atoms with van der Waals surface area (Å²) >= 11 is 0. The number of hydrogen-bond donors (Lipinski definition) is 1. The predicted octanol–water partition coefficient (Wildman–Crippen LogP) is 1.74. The second-order valence-corrected chi connectivity index (χ2v) is 6.11. The third-order valence-corrected chi connectivity index (χ3v) is 4.11. The average molecular weight is 337 g/mol. The number of hydrogen-bond acceptors (Lipinski definition) is 5. The summed E-state index contributed by atoms with van der Waals surface area (Å²) in [6, 6.07) is 5.00. The van der Waals surface area contributed by atoms with Crippen molar-refractivity contribution in [3.05, 3.63) is 60.7 Å². The SMILES string of the molecule is O=S(=O)(Nc1cc(-n2cccn2)ncn1)c1cc(F)cc(F)c1. The van der Waals surface area contributed by atoms with Gasteiger partial charge in [-0.25, -0.2) is 31.8 Å². The Morgan fingerprint density at radius 1 is 1.04 bits per heavy atom. The van der Waals surface area contributed by atoms with Crippen LogP contribution in [0.15, 0.2) is 53.9 Å². The average Bonchev–Trinajstić information content (AvgIpc) is 3.00. The first-order valence-corrected chi connectivity index (χ1v) is 7.73. The van der Waals surface area contributed by atoms with Crippen LogP contribution >= 0.6 is 0 Å². The van der Waals surface area contributed by atoms with Gasteiger partial charge in [0.2, 0.25) is 0 Å². The molecule has 0 amide bonds. The first-order chi connectivity index (χ1) is 10.9. The molecule has 1 N–H and O–H groups in total. The van der Waals surface area contributed by atoms with Crippen molar-refractivity contribution in [3.8, 4) is 5.82 Å². The number of benzene rings is 1. The predicted molar refractivity (Wildman–Crippen MR) is 76.3 cm³/mol. The van der Waals surface area contributed by atoms with Crippen LogP contribution < -0.4 is 4.72 Å². The topological polar surface area (TPSA) is 89.8 Å². The molecule has 0 radical (unpaired) electrons. The number of aromatic nitrogens is 4. The molecule has 0 saturated heterocycles. The molecule has 10 heteroatoms. The number of anilines is 1. The zero-order chi connectivity index (χ0) is 16.4. The van der Waals surface area contributed by atoms with Gasteiger partial charge >= 0.3 is 0 Å². The molecule has 0 spiro atoms. The highest BCUT2D eigenvalue weighted by molar-refractivity contribution is 7.92. The van der Waals surface area contributed by atoms with E-state index in [9.17, 15) is 17.2 Å². The quantitative estimate of drug-likeness (QED) is 0.783. The lowest BCUT2D eigenvalue weighted by molar-refractivity contribution is 0.568. The summed E-state index contributed by atoms with van der Waals surface area (Å²) in [4.78, 5) is 7.18. The number of rotatable bonds is 4. The molecule has 0 bridgehead atoms. The van der Waals surface area contributed by atoms with Crippen LogP contribution in [0.4, 0.5) is 14.6 Å². The minimum Gasteiger partial charge on any atom is -0.263 e. The fourth-order valence-corrected chi connectivity index (χ4v) is 2.85. The lowest BCUT2D eigenvalue weighted by Crippen LogP contribution is -2.15. The molecular formula is C13H9F2N5O2S. The number of sulfonamides is 1. The van der Waals surface area contributed by atoms with Crippen LogP contribution in [-0.4, -0.2) is 28.2 Å². The highest BCUT2D eigenvalue weighted by Crippen LogP contribution is 2.17. The van der Waals surface area contributed by atoms with E-state index < -0.39 is 26.6 Å². The molecule has 0 aliphatic rings. The van der Waals surface area contributed by atoms with Crippen LogP contribution in [0.1, 0.15) is 0 Å². The first kappa shape index (κ1) is 15.0. The third kappa shape index (κ3) is 3.31. The second-order valence-electron chi connectivity index (χ2n) is 4.42. The molecule has 7 nitrogen and oxygen atoms in total. The standard InChI is InChI=1S/C13H9F2N5O2S/c14-9-4-10(15)6-11(5-9)23(21,22)19-12-7-13(17-8-16-12)20-3-1-2-18-20/h1-8H,(H,16,17,19). The fourth-order valence-electron chi connectivity index (χ4n) is 1.81. The molecule has 0 saturated carbocycles. The molecule has 0 atom stereocenters. The Hall–Kier alpha value is -2.88. The minimum atomic E-state index is -4.19. The summed E-state index contributed by atoms with van der Waals surface area (Å²) in [5, 5.41) is 3.96. The van der Waals surface area contributed by atoms with Gasteiger partial charge in [-0.2, -0.15) is 5.10 Å². The summed E-state index contributed by atoms with van der Waals surface area (Å²) in [7, 11) is -4.19. The molecule has 2 aromatic heterocycles. The van der Waals surface area contributed by atoms with Crippen LogP contribution in [0.25, 0.3) is 5.82 Å². The van der Waals surface area contributed by atoms with Crippen LogP contribution in [0.3, 0.4) is 0 Å². The van der Waals surface area contributed by atoms with Crippen LogP contribution in [0.2, 0.25) is 0 Å². The summed E-state index contributed by atoms with van der Waals surface area (Å²) in [6.07, 6.45) is 4.28. The van der Waals surface area contributed by atoms with E-state index in [1.54, 1.807) is 12.3 Å². The lowest BCUT2D eigenvalue weighted by Gasteiger charge is -2.08. The molecule has 3 aromatic rings. The molecule has 0 aliphatic carbocycles. The summed E-state index contributed by atoms with van der Waals surface area (Å²) < 4.78 is 54.3. The summed E-state index contributed by atoms with van der Waals surface area (Å²) in [5.74, 6) is -1.72. The Kier molecular flexibility index (Phi) is 3.74. The summed E-state index contributed by atoms with van der Waals surface area (Å²) in [6.45, 7) is 0. The molecule has 23 heavy (non-hydrogen) atoms. The van der Waals surface area contributed by atoms with Crippen molar-refractivity contribution in [2.45, 2.75) is 4.90 Å². The molecule has 0 unspecified atom stereocenters. The molecule has 2 heterocycles. The van der Waals surface area contributed by atoms with Gasteiger partial charge in [0.05, 0.1) is 4.90 Å². The highest BCUT2D eigenvalue weighted by atomic mass is 32.2. The molecule has 0 aliphatic heterocycles. The molecule has 3 rings (SSSR count). The van der Waals surface area contributed by atoms with Gasteiger partial charge in [0.1, 0.15) is 23.8 Å². The Labute approximate surface area is 129 Å². The largest absolute Gasteiger partial charge is 0.263 e. The van der Waals surface area contributed by atoms with Gasteiger partial charge in [0, 0.05) is 24.5 Å². The Morgan fingerprint density at radius 2 is 1.78 bits per heavy atom. The van der Waals surface area contributed by atoms with Gasteiger partial charge in [-0.1, -0.05) is 0 Å². The van der Waals surface area contributed by atoms with E-state index in [1.165, 1.54) is 16.9 Å². The van der Waals surface area contributed by atoms with Crippen molar-refractivity contribution >= 4 is 15.8 Å². The van der Waals surface area contributed by atoms with Gasteiger partial charge in [-0.3, -0.25) is 4.72 Å².